The van der Waals surface area contributed by atoms with Crippen LogP contribution in [0.5, 0.6) is 0 Å². The van der Waals surface area contributed by atoms with Crippen molar-refractivity contribution in [2.75, 3.05) is 6.61 Å². The highest BCUT2D eigenvalue weighted by Crippen LogP contribution is 2.09. The number of esters is 1. The van der Waals surface area contributed by atoms with E-state index in [9.17, 15) is 4.79 Å². The molecule has 0 aromatic carbocycles. The van der Waals surface area contributed by atoms with Gasteiger partial charge in [0.25, 0.3) is 0 Å². The molecule has 0 atom stereocenters. The SMILES string of the molecule is C#CCn1c(C)ccc1CC(=O)OCC. The van der Waals surface area contributed by atoms with Gasteiger partial charge >= 0.3 is 5.97 Å². The van der Waals surface area contributed by atoms with Gasteiger partial charge in [0, 0.05) is 11.4 Å². The lowest BCUT2D eigenvalue weighted by molar-refractivity contribution is -0.142. The molecule has 0 saturated carbocycles. The van der Waals surface area contributed by atoms with E-state index in [-0.39, 0.29) is 12.4 Å². The second kappa shape index (κ2) is 5.26. The Morgan fingerprint density at radius 2 is 2.33 bits per heavy atom. The van der Waals surface area contributed by atoms with Crippen LogP contribution in [0.4, 0.5) is 0 Å². The maximum absolute atomic E-state index is 11.3. The van der Waals surface area contributed by atoms with Gasteiger partial charge < -0.3 is 9.30 Å². The second-order valence-corrected chi connectivity index (χ2v) is 3.24. The molecule has 1 aromatic rings. The Bertz CT molecular complexity index is 385. The van der Waals surface area contributed by atoms with Crippen LogP contribution in [0, 0.1) is 19.3 Å². The van der Waals surface area contributed by atoms with Crippen LogP contribution >= 0.6 is 0 Å². The van der Waals surface area contributed by atoms with Crippen molar-refractivity contribution in [3.63, 3.8) is 0 Å². The normalized spacial score (nSPS) is 9.67. The van der Waals surface area contributed by atoms with Crippen LogP contribution in [0.25, 0.3) is 0 Å². The zero-order valence-electron chi connectivity index (χ0n) is 9.12. The molecule has 0 radical (unpaired) electrons. The lowest BCUT2D eigenvalue weighted by atomic mass is 10.3. The van der Waals surface area contributed by atoms with Crippen LogP contribution in [0.15, 0.2) is 12.1 Å². The van der Waals surface area contributed by atoms with Crippen molar-refractivity contribution >= 4 is 5.97 Å². The minimum absolute atomic E-state index is 0.214. The van der Waals surface area contributed by atoms with Gasteiger partial charge in [-0.25, -0.2) is 0 Å². The third-order valence-corrected chi connectivity index (χ3v) is 2.17. The van der Waals surface area contributed by atoms with Crippen LogP contribution in [0.1, 0.15) is 18.3 Å². The van der Waals surface area contributed by atoms with E-state index in [1.165, 1.54) is 0 Å². The monoisotopic (exact) mass is 205 g/mol. The van der Waals surface area contributed by atoms with Crippen molar-refractivity contribution in [2.24, 2.45) is 0 Å². The number of hydrogen-bond acceptors (Lipinski definition) is 2. The highest BCUT2D eigenvalue weighted by molar-refractivity contribution is 5.72. The molecule has 15 heavy (non-hydrogen) atoms. The zero-order chi connectivity index (χ0) is 11.3. The molecule has 1 rings (SSSR count). The van der Waals surface area contributed by atoms with Gasteiger partial charge in [-0.1, -0.05) is 5.92 Å². The van der Waals surface area contributed by atoms with Gasteiger partial charge in [-0.05, 0) is 26.0 Å². The number of aryl methyl sites for hydroxylation is 1. The van der Waals surface area contributed by atoms with Crippen molar-refractivity contribution in [2.45, 2.75) is 26.8 Å². The van der Waals surface area contributed by atoms with Gasteiger partial charge in [-0.3, -0.25) is 4.79 Å². The average Bonchev–Trinajstić information content (AvgIpc) is 2.51. The summed E-state index contributed by atoms with van der Waals surface area (Å²) in [6, 6.07) is 3.86. The molecule has 1 heterocycles. The molecule has 3 heteroatoms. The predicted molar refractivity (Wildman–Crippen MR) is 58.3 cm³/mol. The Morgan fingerprint density at radius 3 is 2.93 bits per heavy atom. The largest absolute Gasteiger partial charge is 0.466 e. The molecule has 0 saturated heterocycles. The first-order chi connectivity index (χ1) is 7.19. The van der Waals surface area contributed by atoms with E-state index in [0.29, 0.717) is 13.2 Å². The van der Waals surface area contributed by atoms with E-state index in [4.69, 9.17) is 11.2 Å². The smallest absolute Gasteiger partial charge is 0.311 e. The number of ether oxygens (including phenoxy) is 1. The Labute approximate surface area is 90.0 Å². The Morgan fingerprint density at radius 1 is 1.60 bits per heavy atom. The maximum atomic E-state index is 11.3. The number of hydrogen-bond donors (Lipinski definition) is 0. The number of nitrogens with zero attached hydrogens (tertiary/aromatic N) is 1. The zero-order valence-corrected chi connectivity index (χ0v) is 9.12. The fourth-order valence-corrected chi connectivity index (χ4v) is 1.46. The minimum atomic E-state index is -0.214. The van der Waals surface area contributed by atoms with Gasteiger partial charge in [0.2, 0.25) is 0 Å². The summed E-state index contributed by atoms with van der Waals surface area (Å²) in [6.07, 6.45) is 5.54. The lowest BCUT2D eigenvalue weighted by Crippen LogP contribution is -2.12. The van der Waals surface area contributed by atoms with E-state index in [1.807, 2.05) is 23.6 Å². The summed E-state index contributed by atoms with van der Waals surface area (Å²) < 4.78 is 6.83. The minimum Gasteiger partial charge on any atom is -0.466 e. The Hall–Kier alpha value is -1.69. The lowest BCUT2D eigenvalue weighted by Gasteiger charge is -2.07. The summed E-state index contributed by atoms with van der Waals surface area (Å²) >= 11 is 0. The van der Waals surface area contributed by atoms with Crippen molar-refractivity contribution in [3.05, 3.63) is 23.5 Å². The van der Waals surface area contributed by atoms with Crippen LogP contribution in [-0.2, 0) is 22.5 Å². The van der Waals surface area contributed by atoms with Crippen molar-refractivity contribution in [3.8, 4) is 12.3 Å². The summed E-state index contributed by atoms with van der Waals surface area (Å²) in [6.45, 7) is 4.66. The molecule has 3 nitrogen and oxygen atoms in total. The first-order valence-electron chi connectivity index (χ1n) is 4.93. The summed E-state index contributed by atoms with van der Waals surface area (Å²) in [5.41, 5.74) is 1.97. The van der Waals surface area contributed by atoms with Crippen molar-refractivity contribution < 1.29 is 9.53 Å². The topological polar surface area (TPSA) is 31.2 Å². The predicted octanol–water partition coefficient (Wildman–Crippen LogP) is 1.54. The quantitative estimate of drug-likeness (QED) is 0.551. The maximum Gasteiger partial charge on any atom is 0.311 e. The first-order valence-corrected chi connectivity index (χ1v) is 4.93. The van der Waals surface area contributed by atoms with Gasteiger partial charge in [0.1, 0.15) is 0 Å². The number of carbonyl (C=O) groups excluding carboxylic acids is 1. The van der Waals surface area contributed by atoms with E-state index in [1.54, 1.807) is 6.92 Å². The molecule has 0 bridgehead atoms. The third-order valence-electron chi connectivity index (χ3n) is 2.17. The summed E-state index contributed by atoms with van der Waals surface area (Å²) in [4.78, 5) is 11.3. The molecule has 0 amide bonds. The molecule has 1 aromatic heterocycles. The molecular formula is C12H15NO2. The molecule has 0 spiro atoms. The van der Waals surface area contributed by atoms with E-state index in [2.05, 4.69) is 5.92 Å². The Kier molecular flexibility index (Phi) is 3.99. The molecule has 0 fully saturated rings. The summed E-state index contributed by atoms with van der Waals surface area (Å²) in [7, 11) is 0. The average molecular weight is 205 g/mol. The summed E-state index contributed by atoms with van der Waals surface area (Å²) in [5, 5.41) is 0. The standard InChI is InChI=1S/C12H15NO2/c1-4-8-13-10(3)6-7-11(13)9-12(14)15-5-2/h1,6-7H,5,8-9H2,2-3H3. The fraction of sp³-hybridized carbons (Fsp3) is 0.417. The van der Waals surface area contributed by atoms with Gasteiger partial charge in [-0.2, -0.15) is 0 Å². The Balaban J connectivity index is 2.77. The highest BCUT2D eigenvalue weighted by atomic mass is 16.5. The van der Waals surface area contributed by atoms with E-state index in [0.717, 1.165) is 11.4 Å². The molecule has 80 valence electrons. The van der Waals surface area contributed by atoms with Crippen molar-refractivity contribution in [1.82, 2.24) is 4.57 Å². The van der Waals surface area contributed by atoms with E-state index < -0.39 is 0 Å². The molecule has 0 aliphatic heterocycles. The highest BCUT2D eigenvalue weighted by Gasteiger charge is 2.09. The number of aromatic nitrogens is 1. The second-order valence-electron chi connectivity index (χ2n) is 3.24. The molecule has 0 N–H and O–H groups in total. The number of terminal acetylenes is 1. The molecule has 0 aliphatic carbocycles. The third kappa shape index (κ3) is 2.88. The van der Waals surface area contributed by atoms with Crippen LogP contribution in [0.2, 0.25) is 0 Å². The van der Waals surface area contributed by atoms with Crippen LogP contribution in [0.3, 0.4) is 0 Å². The number of carbonyl (C=O) groups is 1. The molecular weight excluding hydrogens is 190 g/mol. The van der Waals surface area contributed by atoms with Crippen molar-refractivity contribution in [1.29, 1.82) is 0 Å². The molecule has 0 unspecified atom stereocenters. The number of rotatable bonds is 4. The van der Waals surface area contributed by atoms with Crippen LogP contribution in [-0.4, -0.2) is 17.1 Å². The van der Waals surface area contributed by atoms with Crippen LogP contribution < -0.4 is 0 Å². The van der Waals surface area contributed by atoms with Gasteiger partial charge in [-0.15, -0.1) is 6.42 Å². The van der Waals surface area contributed by atoms with Gasteiger partial charge in [0.15, 0.2) is 0 Å². The molecule has 0 aliphatic rings. The fourth-order valence-electron chi connectivity index (χ4n) is 1.46. The first kappa shape index (κ1) is 11.4. The van der Waals surface area contributed by atoms with Gasteiger partial charge in [0.05, 0.1) is 19.6 Å². The summed E-state index contributed by atoms with van der Waals surface area (Å²) in [5.74, 6) is 2.35. The van der Waals surface area contributed by atoms with E-state index >= 15 is 0 Å².